The lowest BCUT2D eigenvalue weighted by Crippen LogP contribution is -2.49. The fourth-order valence-corrected chi connectivity index (χ4v) is 2.83. The number of amides is 1. The Balaban J connectivity index is 1.87. The molecule has 4 nitrogen and oxygen atoms in total. The third-order valence-corrected chi connectivity index (χ3v) is 4.21. The Kier molecular flexibility index (Phi) is 4.09. The maximum atomic E-state index is 13.3. The van der Waals surface area contributed by atoms with Crippen LogP contribution in [0, 0.1) is 5.82 Å². The van der Waals surface area contributed by atoms with E-state index in [9.17, 15) is 14.0 Å². The first kappa shape index (κ1) is 16.2. The van der Waals surface area contributed by atoms with Crippen LogP contribution in [0.4, 0.5) is 10.1 Å². The Labute approximate surface area is 139 Å². The average molecular weight is 327 g/mol. The number of rotatable bonds is 3. The van der Waals surface area contributed by atoms with E-state index in [1.54, 1.807) is 19.1 Å². The van der Waals surface area contributed by atoms with E-state index in [1.165, 1.54) is 18.2 Å². The summed E-state index contributed by atoms with van der Waals surface area (Å²) in [5.41, 5.74) is 1.37. The first-order valence-electron chi connectivity index (χ1n) is 7.83. The van der Waals surface area contributed by atoms with Crippen LogP contribution < -0.4 is 5.32 Å². The Morgan fingerprint density at radius 3 is 2.79 bits per heavy atom. The number of ether oxygens (including phenoxy) is 1. The Bertz CT molecular complexity index is 818. The number of halogens is 1. The first-order chi connectivity index (χ1) is 11.4. The molecule has 0 bridgehead atoms. The van der Waals surface area contributed by atoms with Crippen molar-refractivity contribution in [2.24, 2.45) is 0 Å². The fraction of sp³-hybridized carbons (Fsp3) is 0.263. The van der Waals surface area contributed by atoms with E-state index in [2.05, 4.69) is 5.32 Å². The maximum Gasteiger partial charge on any atom is 0.339 e. The summed E-state index contributed by atoms with van der Waals surface area (Å²) < 4.78 is 18.7. The van der Waals surface area contributed by atoms with E-state index >= 15 is 0 Å². The predicted molar refractivity (Wildman–Crippen MR) is 88.4 cm³/mol. The SMILES string of the molecule is CCc1ccc2c(c1)CC(C)(C(=O)Nc1cccc(F)c1)OC2=O. The lowest BCUT2D eigenvalue weighted by molar-refractivity contribution is -0.134. The predicted octanol–water partition coefficient (Wildman–Crippen LogP) is 3.50. The van der Waals surface area contributed by atoms with Crippen LogP contribution in [-0.2, 0) is 22.4 Å². The fourth-order valence-electron chi connectivity index (χ4n) is 2.83. The van der Waals surface area contributed by atoms with Crippen LogP contribution in [0.5, 0.6) is 0 Å². The van der Waals surface area contributed by atoms with Crippen molar-refractivity contribution in [2.45, 2.75) is 32.3 Å². The minimum atomic E-state index is -1.33. The quantitative estimate of drug-likeness (QED) is 0.878. The summed E-state index contributed by atoms with van der Waals surface area (Å²) in [4.78, 5) is 24.8. The van der Waals surface area contributed by atoms with E-state index in [4.69, 9.17) is 4.74 Å². The molecule has 1 heterocycles. The van der Waals surface area contributed by atoms with E-state index in [0.717, 1.165) is 17.5 Å². The van der Waals surface area contributed by atoms with Gasteiger partial charge in [0.2, 0.25) is 0 Å². The van der Waals surface area contributed by atoms with Crippen LogP contribution >= 0.6 is 0 Å². The molecule has 0 saturated carbocycles. The highest BCUT2D eigenvalue weighted by molar-refractivity contribution is 6.02. The van der Waals surface area contributed by atoms with Crippen molar-refractivity contribution in [3.8, 4) is 0 Å². The molecule has 0 fully saturated rings. The van der Waals surface area contributed by atoms with Gasteiger partial charge in [0.05, 0.1) is 5.56 Å². The minimum Gasteiger partial charge on any atom is -0.445 e. The van der Waals surface area contributed by atoms with Crippen molar-refractivity contribution in [3.63, 3.8) is 0 Å². The molecule has 0 saturated heterocycles. The highest BCUT2D eigenvalue weighted by Crippen LogP contribution is 2.30. The molecule has 2 aromatic carbocycles. The normalized spacial score (nSPS) is 19.4. The molecule has 0 spiro atoms. The van der Waals surface area contributed by atoms with Gasteiger partial charge in [-0.1, -0.05) is 25.1 Å². The van der Waals surface area contributed by atoms with Gasteiger partial charge in [0.15, 0.2) is 5.60 Å². The van der Waals surface area contributed by atoms with Crippen LogP contribution in [0.3, 0.4) is 0 Å². The molecule has 1 N–H and O–H groups in total. The molecular weight excluding hydrogens is 309 g/mol. The number of aryl methyl sites for hydroxylation is 1. The third kappa shape index (κ3) is 3.02. The van der Waals surface area contributed by atoms with Crippen molar-refractivity contribution in [1.82, 2.24) is 0 Å². The average Bonchev–Trinajstić information content (AvgIpc) is 2.54. The molecule has 5 heteroatoms. The molecule has 2 aromatic rings. The number of carbonyl (C=O) groups is 2. The molecular formula is C19H18FNO3. The highest BCUT2D eigenvalue weighted by Gasteiger charge is 2.42. The molecule has 1 aliphatic rings. The van der Waals surface area contributed by atoms with Gasteiger partial charge >= 0.3 is 5.97 Å². The Morgan fingerprint density at radius 2 is 2.08 bits per heavy atom. The molecule has 1 unspecified atom stereocenters. The summed E-state index contributed by atoms with van der Waals surface area (Å²) in [6, 6.07) is 11.1. The number of anilines is 1. The van der Waals surface area contributed by atoms with E-state index in [0.29, 0.717) is 11.3 Å². The van der Waals surface area contributed by atoms with Gasteiger partial charge in [-0.15, -0.1) is 0 Å². The van der Waals surface area contributed by atoms with Crippen molar-refractivity contribution >= 4 is 17.6 Å². The number of hydrogen-bond acceptors (Lipinski definition) is 3. The van der Waals surface area contributed by atoms with Crippen LogP contribution in [0.2, 0.25) is 0 Å². The van der Waals surface area contributed by atoms with Crippen molar-refractivity contribution in [3.05, 3.63) is 65.0 Å². The van der Waals surface area contributed by atoms with Crippen LogP contribution in [-0.4, -0.2) is 17.5 Å². The molecule has 0 radical (unpaired) electrons. The van der Waals surface area contributed by atoms with Gasteiger partial charge in [0.1, 0.15) is 5.82 Å². The zero-order valence-corrected chi connectivity index (χ0v) is 13.6. The second kappa shape index (κ2) is 6.07. The molecule has 1 amide bonds. The molecule has 124 valence electrons. The summed E-state index contributed by atoms with van der Waals surface area (Å²) in [7, 11) is 0. The number of cyclic esters (lactones) is 1. The van der Waals surface area contributed by atoms with Gasteiger partial charge in [-0.25, -0.2) is 9.18 Å². The minimum absolute atomic E-state index is 0.281. The lowest BCUT2D eigenvalue weighted by atomic mass is 9.88. The Hall–Kier alpha value is -2.69. The van der Waals surface area contributed by atoms with Gasteiger partial charge < -0.3 is 10.1 Å². The van der Waals surface area contributed by atoms with Gasteiger partial charge in [-0.2, -0.15) is 0 Å². The van der Waals surface area contributed by atoms with Gasteiger partial charge in [-0.05, 0) is 48.7 Å². The molecule has 1 atom stereocenters. The van der Waals surface area contributed by atoms with E-state index in [-0.39, 0.29) is 6.42 Å². The van der Waals surface area contributed by atoms with Gasteiger partial charge in [0.25, 0.3) is 5.91 Å². The van der Waals surface area contributed by atoms with Crippen molar-refractivity contribution in [1.29, 1.82) is 0 Å². The molecule has 24 heavy (non-hydrogen) atoms. The van der Waals surface area contributed by atoms with Crippen LogP contribution in [0.25, 0.3) is 0 Å². The second-order valence-corrected chi connectivity index (χ2v) is 6.11. The number of nitrogens with one attached hydrogen (secondary N) is 1. The second-order valence-electron chi connectivity index (χ2n) is 6.11. The topological polar surface area (TPSA) is 55.4 Å². The smallest absolute Gasteiger partial charge is 0.339 e. The molecule has 0 aliphatic carbocycles. The zero-order chi connectivity index (χ0) is 17.3. The molecule has 0 aromatic heterocycles. The van der Waals surface area contributed by atoms with Gasteiger partial charge in [-0.3, -0.25) is 4.79 Å². The third-order valence-electron chi connectivity index (χ3n) is 4.21. The van der Waals surface area contributed by atoms with Crippen LogP contribution in [0.1, 0.15) is 35.3 Å². The summed E-state index contributed by atoms with van der Waals surface area (Å²) in [6.07, 6.45) is 1.12. The van der Waals surface area contributed by atoms with Crippen molar-refractivity contribution < 1.29 is 18.7 Å². The van der Waals surface area contributed by atoms with Crippen molar-refractivity contribution in [2.75, 3.05) is 5.32 Å². The monoisotopic (exact) mass is 327 g/mol. The molecule has 3 rings (SSSR count). The first-order valence-corrected chi connectivity index (χ1v) is 7.83. The maximum absolute atomic E-state index is 13.3. The number of hydrogen-bond donors (Lipinski definition) is 1. The standard InChI is InChI=1S/C19H18FNO3/c1-3-12-7-8-16-13(9-12)11-19(2,24-17(16)22)18(23)21-15-6-4-5-14(20)10-15/h4-10H,3,11H2,1-2H3,(H,21,23). The Morgan fingerprint density at radius 1 is 1.29 bits per heavy atom. The summed E-state index contributed by atoms with van der Waals surface area (Å²) in [5, 5.41) is 2.62. The molecule has 1 aliphatic heterocycles. The lowest BCUT2D eigenvalue weighted by Gasteiger charge is -2.33. The number of fused-ring (bicyclic) bond motifs is 1. The summed E-state index contributed by atoms with van der Waals surface area (Å²) >= 11 is 0. The summed E-state index contributed by atoms with van der Waals surface area (Å²) in [6.45, 7) is 3.60. The number of carbonyl (C=O) groups excluding carboxylic acids is 2. The van der Waals surface area contributed by atoms with E-state index < -0.39 is 23.3 Å². The highest BCUT2D eigenvalue weighted by atomic mass is 19.1. The largest absolute Gasteiger partial charge is 0.445 e. The van der Waals surface area contributed by atoms with Gasteiger partial charge in [0, 0.05) is 12.1 Å². The number of benzene rings is 2. The van der Waals surface area contributed by atoms with Crippen LogP contribution in [0.15, 0.2) is 42.5 Å². The zero-order valence-electron chi connectivity index (χ0n) is 13.6. The summed E-state index contributed by atoms with van der Waals surface area (Å²) in [5.74, 6) is -1.44. The van der Waals surface area contributed by atoms with E-state index in [1.807, 2.05) is 19.1 Å². The number of esters is 1.